The van der Waals surface area contributed by atoms with Crippen LogP contribution in [0.3, 0.4) is 0 Å². The largest absolute Gasteiger partial charge is 0.389 e. The van der Waals surface area contributed by atoms with Crippen LogP contribution in [0.15, 0.2) is 35.3 Å². The number of nitrogens with zero attached hydrogens (tertiary/aromatic N) is 3. The van der Waals surface area contributed by atoms with Gasteiger partial charge in [0.15, 0.2) is 0 Å². The molecule has 6 heteroatoms. The van der Waals surface area contributed by atoms with E-state index in [1.165, 1.54) is 0 Å². The van der Waals surface area contributed by atoms with Gasteiger partial charge in [-0.2, -0.15) is 0 Å². The first-order valence-electron chi connectivity index (χ1n) is 8.04. The van der Waals surface area contributed by atoms with E-state index < -0.39 is 5.60 Å². The summed E-state index contributed by atoms with van der Waals surface area (Å²) in [6, 6.07) is 9.69. The van der Waals surface area contributed by atoms with Crippen molar-refractivity contribution in [2.24, 2.45) is 4.99 Å². The van der Waals surface area contributed by atoms with E-state index in [0.29, 0.717) is 37.1 Å². The predicted octanol–water partition coefficient (Wildman–Crippen LogP) is 2.59. The highest BCUT2D eigenvalue weighted by Crippen LogP contribution is 2.25. The van der Waals surface area contributed by atoms with Crippen LogP contribution in [0.4, 0.5) is 11.5 Å². The summed E-state index contributed by atoms with van der Waals surface area (Å²) in [5, 5.41) is 11.0. The molecule has 0 aliphatic rings. The number of nitrogens with two attached hydrogens (primary N) is 1. The van der Waals surface area contributed by atoms with Crippen molar-refractivity contribution < 1.29 is 9.84 Å². The van der Waals surface area contributed by atoms with E-state index in [1.54, 1.807) is 13.8 Å². The fourth-order valence-electron chi connectivity index (χ4n) is 2.44. The van der Waals surface area contributed by atoms with Crippen molar-refractivity contribution in [1.29, 1.82) is 0 Å². The van der Waals surface area contributed by atoms with Gasteiger partial charge in [0.25, 0.3) is 0 Å². The van der Waals surface area contributed by atoms with Gasteiger partial charge in [-0.1, -0.05) is 18.2 Å². The standard InChI is InChI=1S/C18H26N4O2/c1-5-24-11-16(22(4)12-18(2,3)23)20-15-10-13-8-6-7-9-14(13)21-17(15)19/h6-10,23H,5,11-12H2,1-4H3,(H2,19,21). The summed E-state index contributed by atoms with van der Waals surface area (Å²) < 4.78 is 5.52. The van der Waals surface area contributed by atoms with Crippen molar-refractivity contribution in [2.45, 2.75) is 26.4 Å². The number of pyridine rings is 1. The van der Waals surface area contributed by atoms with Gasteiger partial charge in [-0.25, -0.2) is 9.98 Å². The van der Waals surface area contributed by atoms with E-state index in [2.05, 4.69) is 9.98 Å². The number of nitrogen functional groups attached to an aromatic ring is 1. The van der Waals surface area contributed by atoms with Gasteiger partial charge in [0, 0.05) is 25.6 Å². The van der Waals surface area contributed by atoms with Crippen LogP contribution >= 0.6 is 0 Å². The van der Waals surface area contributed by atoms with Crippen LogP contribution in [-0.2, 0) is 4.74 Å². The molecule has 0 saturated carbocycles. The van der Waals surface area contributed by atoms with Crippen molar-refractivity contribution in [1.82, 2.24) is 9.88 Å². The second-order valence-electron chi connectivity index (χ2n) is 6.42. The first-order valence-corrected chi connectivity index (χ1v) is 8.04. The summed E-state index contributed by atoms with van der Waals surface area (Å²) in [7, 11) is 1.88. The number of amidine groups is 1. The summed E-state index contributed by atoms with van der Waals surface area (Å²) in [4.78, 5) is 10.9. The minimum atomic E-state index is -0.838. The monoisotopic (exact) mass is 330 g/mol. The smallest absolute Gasteiger partial charge is 0.150 e. The van der Waals surface area contributed by atoms with Crippen LogP contribution in [0.25, 0.3) is 10.9 Å². The van der Waals surface area contributed by atoms with Crippen LogP contribution in [-0.4, -0.2) is 53.2 Å². The summed E-state index contributed by atoms with van der Waals surface area (Å²) >= 11 is 0. The van der Waals surface area contributed by atoms with Crippen LogP contribution in [0.5, 0.6) is 0 Å². The van der Waals surface area contributed by atoms with Gasteiger partial charge in [-0.15, -0.1) is 0 Å². The lowest BCUT2D eigenvalue weighted by atomic mass is 10.1. The molecule has 3 N–H and O–H groups in total. The lowest BCUT2D eigenvalue weighted by Crippen LogP contribution is -2.41. The Labute approximate surface area is 143 Å². The molecule has 0 fully saturated rings. The first-order chi connectivity index (χ1) is 11.3. The highest BCUT2D eigenvalue weighted by Gasteiger charge is 2.19. The molecule has 0 aliphatic carbocycles. The van der Waals surface area contributed by atoms with Crippen LogP contribution in [0, 0.1) is 0 Å². The van der Waals surface area contributed by atoms with E-state index in [4.69, 9.17) is 10.5 Å². The number of anilines is 1. The van der Waals surface area contributed by atoms with Gasteiger partial charge in [0.1, 0.15) is 23.9 Å². The Hall–Kier alpha value is -2.18. The van der Waals surface area contributed by atoms with Crippen molar-refractivity contribution in [2.75, 3.05) is 32.5 Å². The number of fused-ring (bicyclic) bond motifs is 1. The van der Waals surface area contributed by atoms with Crippen molar-refractivity contribution >= 4 is 28.2 Å². The van der Waals surface area contributed by atoms with Crippen molar-refractivity contribution in [3.63, 3.8) is 0 Å². The molecule has 0 saturated heterocycles. The van der Waals surface area contributed by atoms with E-state index in [0.717, 1.165) is 10.9 Å². The number of aliphatic hydroxyl groups is 1. The number of hydrogen-bond donors (Lipinski definition) is 2. The Bertz CT molecular complexity index is 723. The van der Waals surface area contributed by atoms with Crippen LogP contribution in [0.1, 0.15) is 20.8 Å². The molecule has 1 heterocycles. The first kappa shape index (κ1) is 18.2. The van der Waals surface area contributed by atoms with Gasteiger partial charge < -0.3 is 20.5 Å². The second-order valence-corrected chi connectivity index (χ2v) is 6.42. The molecule has 0 unspecified atom stereocenters. The zero-order chi connectivity index (χ0) is 17.7. The third-order valence-corrected chi connectivity index (χ3v) is 3.48. The highest BCUT2D eigenvalue weighted by atomic mass is 16.5. The molecule has 0 radical (unpaired) electrons. The maximum atomic E-state index is 10.0. The van der Waals surface area contributed by atoms with Gasteiger partial charge in [-0.05, 0) is 32.9 Å². The number of aliphatic imine (C=N–C) groups is 1. The number of aromatic nitrogens is 1. The minimum Gasteiger partial charge on any atom is -0.389 e. The maximum absolute atomic E-state index is 10.0. The topological polar surface area (TPSA) is 84.0 Å². The Kier molecular flexibility index (Phi) is 5.75. The number of hydrogen-bond acceptors (Lipinski definition) is 5. The lowest BCUT2D eigenvalue weighted by molar-refractivity contribution is 0.0591. The molecular weight excluding hydrogens is 304 g/mol. The molecule has 0 bridgehead atoms. The summed E-state index contributed by atoms with van der Waals surface area (Å²) in [5.74, 6) is 1.07. The molecule has 1 aromatic heterocycles. The lowest BCUT2D eigenvalue weighted by Gasteiger charge is -2.28. The number of likely N-dealkylation sites (N-methyl/N-ethyl adjacent to an activating group) is 1. The molecule has 6 nitrogen and oxygen atoms in total. The minimum absolute atomic E-state index is 0.343. The quantitative estimate of drug-likeness (QED) is 0.628. The molecule has 0 amide bonds. The Balaban J connectivity index is 2.39. The Morgan fingerprint density at radius 3 is 2.75 bits per heavy atom. The number of ether oxygens (including phenoxy) is 1. The van der Waals surface area contributed by atoms with E-state index in [9.17, 15) is 5.11 Å². The zero-order valence-electron chi connectivity index (χ0n) is 14.8. The third-order valence-electron chi connectivity index (χ3n) is 3.48. The van der Waals surface area contributed by atoms with Gasteiger partial charge in [-0.3, -0.25) is 0 Å². The normalized spacial score (nSPS) is 12.6. The van der Waals surface area contributed by atoms with E-state index >= 15 is 0 Å². The average Bonchev–Trinajstić information content (AvgIpc) is 2.50. The van der Waals surface area contributed by atoms with E-state index in [-0.39, 0.29) is 0 Å². The molecule has 0 spiro atoms. The number of benzene rings is 1. The molecule has 24 heavy (non-hydrogen) atoms. The summed E-state index contributed by atoms with van der Waals surface area (Å²) in [5.41, 5.74) is 6.67. The fourth-order valence-corrected chi connectivity index (χ4v) is 2.44. The zero-order valence-corrected chi connectivity index (χ0v) is 14.8. The van der Waals surface area contributed by atoms with Crippen LogP contribution < -0.4 is 5.73 Å². The molecule has 2 rings (SSSR count). The summed E-state index contributed by atoms with van der Waals surface area (Å²) in [6.07, 6.45) is 0. The van der Waals surface area contributed by atoms with Gasteiger partial charge in [0.05, 0.1) is 11.1 Å². The van der Waals surface area contributed by atoms with Crippen molar-refractivity contribution in [3.05, 3.63) is 30.3 Å². The highest BCUT2D eigenvalue weighted by molar-refractivity contribution is 5.90. The molecule has 2 aromatic rings. The predicted molar refractivity (Wildman–Crippen MR) is 98.7 cm³/mol. The molecule has 1 aromatic carbocycles. The third kappa shape index (κ3) is 4.91. The molecule has 0 aliphatic heterocycles. The Morgan fingerprint density at radius 1 is 1.38 bits per heavy atom. The average molecular weight is 330 g/mol. The Morgan fingerprint density at radius 2 is 2.08 bits per heavy atom. The fraction of sp³-hybridized carbons (Fsp3) is 0.444. The maximum Gasteiger partial charge on any atom is 0.150 e. The number of para-hydroxylation sites is 1. The molecule has 0 atom stereocenters. The van der Waals surface area contributed by atoms with Crippen LogP contribution in [0.2, 0.25) is 0 Å². The number of rotatable bonds is 6. The molecule has 130 valence electrons. The van der Waals surface area contributed by atoms with E-state index in [1.807, 2.05) is 49.2 Å². The van der Waals surface area contributed by atoms with Gasteiger partial charge >= 0.3 is 0 Å². The molecular formula is C18H26N4O2. The van der Waals surface area contributed by atoms with Crippen molar-refractivity contribution in [3.8, 4) is 0 Å². The SMILES string of the molecule is CCOCC(=Nc1cc2ccccc2nc1N)N(C)CC(C)(C)O. The second kappa shape index (κ2) is 7.59. The summed E-state index contributed by atoms with van der Waals surface area (Å²) in [6.45, 7) is 6.80. The van der Waals surface area contributed by atoms with Gasteiger partial charge in [0.2, 0.25) is 0 Å².